The van der Waals surface area contributed by atoms with Crippen molar-refractivity contribution in [1.82, 2.24) is 10.2 Å². The highest BCUT2D eigenvalue weighted by atomic mass is 32.1. The molecule has 2 amide bonds. The second-order valence-electron chi connectivity index (χ2n) is 3.62. The average Bonchev–Trinajstić information content (AvgIpc) is 2.29. The SMILES string of the molecule is O=C1CN(C(=S)Nc2ccccc2)CC(=O)N1. The van der Waals surface area contributed by atoms with Crippen molar-refractivity contribution in [2.45, 2.75) is 0 Å². The van der Waals surface area contributed by atoms with Crippen LogP contribution in [0.25, 0.3) is 0 Å². The molecule has 6 heteroatoms. The molecule has 0 aliphatic carbocycles. The van der Waals surface area contributed by atoms with Crippen molar-refractivity contribution in [2.24, 2.45) is 0 Å². The van der Waals surface area contributed by atoms with E-state index >= 15 is 0 Å². The topological polar surface area (TPSA) is 61.4 Å². The quantitative estimate of drug-likeness (QED) is 0.555. The van der Waals surface area contributed by atoms with E-state index in [1.165, 1.54) is 4.90 Å². The van der Waals surface area contributed by atoms with Crippen molar-refractivity contribution in [1.29, 1.82) is 0 Å². The zero-order valence-corrected chi connectivity index (χ0v) is 9.79. The zero-order valence-electron chi connectivity index (χ0n) is 8.97. The maximum absolute atomic E-state index is 11.2. The van der Waals surface area contributed by atoms with Gasteiger partial charge < -0.3 is 10.2 Å². The summed E-state index contributed by atoms with van der Waals surface area (Å²) in [5, 5.41) is 5.57. The molecule has 5 nitrogen and oxygen atoms in total. The number of nitrogens with zero attached hydrogens (tertiary/aromatic N) is 1. The van der Waals surface area contributed by atoms with Crippen LogP contribution in [0.5, 0.6) is 0 Å². The van der Waals surface area contributed by atoms with Crippen LogP contribution in [0.4, 0.5) is 5.69 Å². The lowest BCUT2D eigenvalue weighted by Crippen LogP contribution is -2.54. The molecule has 0 saturated carbocycles. The van der Waals surface area contributed by atoms with Crippen LogP contribution in [-0.4, -0.2) is 34.9 Å². The molecule has 2 N–H and O–H groups in total. The first-order valence-corrected chi connectivity index (χ1v) is 5.49. The Kier molecular flexibility index (Phi) is 3.34. The predicted molar refractivity (Wildman–Crippen MR) is 67.4 cm³/mol. The van der Waals surface area contributed by atoms with Gasteiger partial charge in [-0.2, -0.15) is 0 Å². The second kappa shape index (κ2) is 4.92. The Balaban J connectivity index is 2.00. The molecular weight excluding hydrogens is 238 g/mol. The number of amides is 2. The Morgan fingerprint density at radius 3 is 2.35 bits per heavy atom. The van der Waals surface area contributed by atoms with Crippen LogP contribution in [0.2, 0.25) is 0 Å². The van der Waals surface area contributed by atoms with Crippen molar-refractivity contribution in [3.63, 3.8) is 0 Å². The van der Waals surface area contributed by atoms with E-state index in [0.717, 1.165) is 5.69 Å². The number of piperazine rings is 1. The molecule has 1 aliphatic heterocycles. The molecule has 0 bridgehead atoms. The minimum absolute atomic E-state index is 0.102. The third-order valence-electron chi connectivity index (χ3n) is 2.26. The summed E-state index contributed by atoms with van der Waals surface area (Å²) in [6.45, 7) is 0.203. The lowest BCUT2D eigenvalue weighted by Gasteiger charge is -2.27. The van der Waals surface area contributed by atoms with Crippen LogP contribution in [0.15, 0.2) is 30.3 Å². The summed E-state index contributed by atoms with van der Waals surface area (Å²) in [6, 6.07) is 9.36. The number of para-hydroxylation sites is 1. The summed E-state index contributed by atoms with van der Waals surface area (Å²) in [7, 11) is 0. The molecule has 1 fully saturated rings. The summed E-state index contributed by atoms with van der Waals surface area (Å²) >= 11 is 5.14. The molecule has 0 radical (unpaired) electrons. The van der Waals surface area contributed by atoms with Gasteiger partial charge in [-0.1, -0.05) is 18.2 Å². The summed E-state index contributed by atoms with van der Waals surface area (Å²) in [5.41, 5.74) is 0.830. The lowest BCUT2D eigenvalue weighted by molar-refractivity contribution is -0.134. The van der Waals surface area contributed by atoms with Crippen molar-refractivity contribution >= 4 is 34.8 Å². The van der Waals surface area contributed by atoms with E-state index in [4.69, 9.17) is 12.2 Å². The van der Waals surface area contributed by atoms with Gasteiger partial charge in [0.1, 0.15) is 0 Å². The molecule has 17 heavy (non-hydrogen) atoms. The number of thiocarbonyl (C=S) groups is 1. The third-order valence-corrected chi connectivity index (χ3v) is 2.62. The number of carbonyl (C=O) groups excluding carboxylic acids is 2. The van der Waals surface area contributed by atoms with E-state index < -0.39 is 0 Å². The molecule has 0 aromatic heterocycles. The van der Waals surface area contributed by atoms with Crippen LogP contribution < -0.4 is 10.6 Å². The summed E-state index contributed by atoms with van der Waals surface area (Å²) in [5.74, 6) is -0.670. The molecule has 1 heterocycles. The van der Waals surface area contributed by atoms with Gasteiger partial charge in [-0.3, -0.25) is 14.9 Å². The number of carbonyl (C=O) groups is 2. The number of nitrogens with one attached hydrogen (secondary N) is 2. The number of imide groups is 1. The minimum Gasteiger partial charge on any atom is -0.333 e. The van der Waals surface area contributed by atoms with Gasteiger partial charge in [0.25, 0.3) is 0 Å². The molecular formula is C11H11N3O2S. The molecule has 1 aromatic rings. The summed E-state index contributed by atoms with van der Waals surface area (Å²) < 4.78 is 0. The molecule has 1 aromatic carbocycles. The van der Waals surface area contributed by atoms with Crippen LogP contribution in [0.1, 0.15) is 0 Å². The normalized spacial score (nSPS) is 15.4. The van der Waals surface area contributed by atoms with Gasteiger partial charge in [0, 0.05) is 5.69 Å². The smallest absolute Gasteiger partial charge is 0.246 e. The highest BCUT2D eigenvalue weighted by Gasteiger charge is 2.24. The van der Waals surface area contributed by atoms with Crippen molar-refractivity contribution in [3.8, 4) is 0 Å². The van der Waals surface area contributed by atoms with Gasteiger partial charge in [-0.25, -0.2) is 0 Å². The van der Waals surface area contributed by atoms with E-state index in [1.807, 2.05) is 30.3 Å². The lowest BCUT2D eigenvalue weighted by atomic mass is 10.3. The summed E-state index contributed by atoms with van der Waals surface area (Å²) in [6.07, 6.45) is 0. The van der Waals surface area contributed by atoms with Crippen LogP contribution in [0.3, 0.4) is 0 Å². The van der Waals surface area contributed by atoms with E-state index in [9.17, 15) is 9.59 Å². The first-order valence-electron chi connectivity index (χ1n) is 5.09. The number of anilines is 1. The number of benzene rings is 1. The minimum atomic E-state index is -0.335. The molecule has 1 saturated heterocycles. The zero-order chi connectivity index (χ0) is 12.3. The maximum atomic E-state index is 11.2. The standard InChI is InChI=1S/C11H11N3O2S/c15-9-6-14(7-10(16)13-9)11(17)12-8-4-2-1-3-5-8/h1-5H,6-7H2,(H,12,17)(H,13,15,16). The van der Waals surface area contributed by atoms with Crippen LogP contribution in [0, 0.1) is 0 Å². The Labute approximate surface area is 104 Å². The average molecular weight is 249 g/mol. The van der Waals surface area contributed by atoms with Crippen molar-refractivity contribution < 1.29 is 9.59 Å². The van der Waals surface area contributed by atoms with Crippen molar-refractivity contribution in [2.75, 3.05) is 18.4 Å². The molecule has 0 unspecified atom stereocenters. The first kappa shape index (κ1) is 11.5. The van der Waals surface area contributed by atoms with Gasteiger partial charge in [-0.05, 0) is 24.4 Å². The fourth-order valence-electron chi connectivity index (χ4n) is 1.50. The maximum Gasteiger partial charge on any atom is 0.246 e. The number of rotatable bonds is 1. The first-order chi connectivity index (χ1) is 8.15. The van der Waals surface area contributed by atoms with E-state index in [0.29, 0.717) is 5.11 Å². The number of hydrogen-bond donors (Lipinski definition) is 2. The fourth-order valence-corrected chi connectivity index (χ4v) is 1.75. The van der Waals surface area contributed by atoms with Gasteiger partial charge in [0.2, 0.25) is 11.8 Å². The van der Waals surface area contributed by atoms with Crippen molar-refractivity contribution in [3.05, 3.63) is 30.3 Å². The molecule has 88 valence electrons. The van der Waals surface area contributed by atoms with Crippen LogP contribution in [-0.2, 0) is 9.59 Å². The van der Waals surface area contributed by atoms with E-state index in [1.54, 1.807) is 0 Å². The third kappa shape index (κ3) is 3.01. The van der Waals surface area contributed by atoms with E-state index in [-0.39, 0.29) is 24.9 Å². The monoisotopic (exact) mass is 249 g/mol. The molecule has 1 aliphatic rings. The highest BCUT2D eigenvalue weighted by molar-refractivity contribution is 7.80. The van der Waals surface area contributed by atoms with Gasteiger partial charge in [0.15, 0.2) is 5.11 Å². The van der Waals surface area contributed by atoms with Gasteiger partial charge >= 0.3 is 0 Å². The fraction of sp³-hybridized carbons (Fsp3) is 0.182. The molecule has 2 rings (SSSR count). The second-order valence-corrected chi connectivity index (χ2v) is 4.01. The van der Waals surface area contributed by atoms with Gasteiger partial charge in [0.05, 0.1) is 13.1 Å². The van der Waals surface area contributed by atoms with Crippen LogP contribution >= 0.6 is 12.2 Å². The Hall–Kier alpha value is -1.95. The Bertz CT molecular complexity index is 445. The molecule has 0 atom stereocenters. The number of hydrogen-bond acceptors (Lipinski definition) is 3. The largest absolute Gasteiger partial charge is 0.333 e. The Morgan fingerprint density at radius 1 is 1.18 bits per heavy atom. The summed E-state index contributed by atoms with van der Waals surface area (Å²) in [4.78, 5) is 23.9. The molecule has 0 spiro atoms. The van der Waals surface area contributed by atoms with Gasteiger partial charge in [-0.15, -0.1) is 0 Å². The predicted octanol–water partition coefficient (Wildman–Crippen LogP) is 0.342. The highest BCUT2D eigenvalue weighted by Crippen LogP contribution is 2.07. The van der Waals surface area contributed by atoms with E-state index in [2.05, 4.69) is 10.6 Å². The Morgan fingerprint density at radius 2 is 1.76 bits per heavy atom.